The van der Waals surface area contributed by atoms with Crippen LogP contribution in [0.25, 0.3) is 12.2 Å². The van der Waals surface area contributed by atoms with Gasteiger partial charge in [0, 0.05) is 23.6 Å². The summed E-state index contributed by atoms with van der Waals surface area (Å²) >= 11 is 3.38. The van der Waals surface area contributed by atoms with Gasteiger partial charge in [0.1, 0.15) is 0 Å². The van der Waals surface area contributed by atoms with Gasteiger partial charge in [0.2, 0.25) is 0 Å². The van der Waals surface area contributed by atoms with Gasteiger partial charge >= 0.3 is 0 Å². The molecule has 218 valence electrons. The van der Waals surface area contributed by atoms with Gasteiger partial charge < -0.3 is 0 Å². The minimum absolute atomic E-state index is 0.0221. The smallest absolute Gasteiger partial charge is 0.270 e. The fourth-order valence-corrected chi connectivity index (χ4v) is 5.02. The number of nitrogens with zero attached hydrogens (tertiary/aromatic N) is 3. The average molecular weight is 650 g/mol. The zero-order chi connectivity index (χ0) is 31.2. The molecular weight excluding hydrogens is 626 g/mol. The standard InChI is InChI=1S/C17H12BrNO2.C17H12N2O4/c18-13-9-7-12(8-10-13)4-3-11-19-16(20)14-5-1-2-6-15(14)17(19)21;20-16-13-8-2-3-9-14(13)17(21)18(16)11-5-7-12-6-1-4-10-15(12)19(22)23/h1-10H,11H2;1-10H,11H2/b4-3+;7-5+. The molecule has 0 aromatic heterocycles. The zero-order valence-corrected chi connectivity index (χ0v) is 24.7. The molecule has 2 aliphatic rings. The molecule has 2 heterocycles. The molecule has 0 saturated carbocycles. The molecule has 10 heteroatoms. The number of carbonyl (C=O) groups excluding carboxylic acids is 4. The van der Waals surface area contributed by atoms with Crippen LogP contribution >= 0.6 is 15.9 Å². The van der Waals surface area contributed by atoms with Crippen LogP contribution in [0.3, 0.4) is 0 Å². The normalized spacial score (nSPS) is 13.8. The van der Waals surface area contributed by atoms with E-state index in [0.29, 0.717) is 27.8 Å². The number of rotatable bonds is 7. The van der Waals surface area contributed by atoms with Crippen LogP contribution in [-0.4, -0.2) is 51.4 Å². The second-order valence-electron chi connectivity index (χ2n) is 9.71. The van der Waals surface area contributed by atoms with E-state index in [1.165, 1.54) is 11.0 Å². The van der Waals surface area contributed by atoms with Gasteiger partial charge in [-0.15, -0.1) is 0 Å². The zero-order valence-electron chi connectivity index (χ0n) is 23.1. The lowest BCUT2D eigenvalue weighted by atomic mass is 10.1. The van der Waals surface area contributed by atoms with Crippen molar-refractivity contribution >= 4 is 57.4 Å². The molecule has 2 aliphatic heterocycles. The number of hydrogen-bond donors (Lipinski definition) is 0. The topological polar surface area (TPSA) is 118 Å². The number of halogens is 1. The molecule has 9 nitrogen and oxygen atoms in total. The highest BCUT2D eigenvalue weighted by Crippen LogP contribution is 2.24. The van der Waals surface area contributed by atoms with Crippen molar-refractivity contribution in [1.29, 1.82) is 0 Å². The van der Waals surface area contributed by atoms with Crippen LogP contribution in [0, 0.1) is 10.1 Å². The van der Waals surface area contributed by atoms with Crippen molar-refractivity contribution in [3.63, 3.8) is 0 Å². The molecule has 4 amide bonds. The number of imide groups is 2. The van der Waals surface area contributed by atoms with Crippen LogP contribution in [0.2, 0.25) is 0 Å². The van der Waals surface area contributed by atoms with Crippen molar-refractivity contribution in [2.45, 2.75) is 0 Å². The predicted octanol–water partition coefficient (Wildman–Crippen LogP) is 6.66. The molecule has 0 atom stereocenters. The summed E-state index contributed by atoms with van der Waals surface area (Å²) in [5.74, 6) is -1.15. The van der Waals surface area contributed by atoms with Crippen LogP contribution in [-0.2, 0) is 0 Å². The first kappa shape index (κ1) is 30.0. The van der Waals surface area contributed by atoms with E-state index in [9.17, 15) is 29.3 Å². The summed E-state index contributed by atoms with van der Waals surface area (Å²) in [5.41, 5.74) is 3.17. The Labute approximate surface area is 261 Å². The van der Waals surface area contributed by atoms with Crippen LogP contribution in [0.1, 0.15) is 52.6 Å². The summed E-state index contributed by atoms with van der Waals surface area (Å²) < 4.78 is 1.01. The predicted molar refractivity (Wildman–Crippen MR) is 169 cm³/mol. The van der Waals surface area contributed by atoms with E-state index in [-0.39, 0.29) is 42.4 Å². The Hall–Kier alpha value is -5.48. The Morgan fingerprint density at radius 2 is 1.00 bits per heavy atom. The number of benzene rings is 4. The molecule has 44 heavy (non-hydrogen) atoms. The van der Waals surface area contributed by atoms with Crippen molar-refractivity contribution in [1.82, 2.24) is 9.80 Å². The minimum Gasteiger partial charge on any atom is -0.270 e. The highest BCUT2D eigenvalue weighted by molar-refractivity contribution is 9.10. The Bertz CT molecular complexity index is 1780. The maximum Gasteiger partial charge on any atom is 0.276 e. The number of para-hydroxylation sites is 1. The van der Waals surface area contributed by atoms with Gasteiger partial charge in [0.25, 0.3) is 29.3 Å². The quantitative estimate of drug-likeness (QED) is 0.125. The number of fused-ring (bicyclic) bond motifs is 2. The van der Waals surface area contributed by atoms with E-state index in [1.807, 2.05) is 36.4 Å². The van der Waals surface area contributed by atoms with Crippen LogP contribution in [0.15, 0.2) is 114 Å². The molecule has 4 aromatic carbocycles. The summed E-state index contributed by atoms with van der Waals surface area (Å²) in [6, 6.07) is 27.6. The molecule has 0 radical (unpaired) electrons. The first-order valence-electron chi connectivity index (χ1n) is 13.5. The lowest BCUT2D eigenvalue weighted by molar-refractivity contribution is -0.385. The van der Waals surface area contributed by atoms with Crippen LogP contribution in [0.5, 0.6) is 0 Å². The Kier molecular flexibility index (Phi) is 9.01. The first-order valence-corrected chi connectivity index (χ1v) is 14.3. The van der Waals surface area contributed by atoms with Gasteiger partial charge in [-0.25, -0.2) is 0 Å². The molecule has 0 bridgehead atoms. The molecule has 0 saturated heterocycles. The Morgan fingerprint density at radius 1 is 0.591 bits per heavy atom. The van der Waals surface area contributed by atoms with Gasteiger partial charge in [0.05, 0.1) is 32.7 Å². The molecule has 0 unspecified atom stereocenters. The fraction of sp³-hybridized carbons (Fsp3) is 0.0588. The monoisotopic (exact) mass is 649 g/mol. The summed E-state index contributed by atoms with van der Waals surface area (Å²) in [6.07, 6.45) is 6.84. The summed E-state index contributed by atoms with van der Waals surface area (Å²) in [6.45, 7) is 0.348. The van der Waals surface area contributed by atoms with Crippen molar-refractivity contribution in [3.8, 4) is 0 Å². The van der Waals surface area contributed by atoms with E-state index in [2.05, 4.69) is 15.9 Å². The van der Waals surface area contributed by atoms with E-state index in [0.717, 1.165) is 14.9 Å². The molecule has 4 aromatic rings. The third kappa shape index (κ3) is 6.30. The molecule has 0 fully saturated rings. The van der Waals surface area contributed by atoms with E-state index >= 15 is 0 Å². The first-order chi connectivity index (χ1) is 21.3. The summed E-state index contributed by atoms with van der Waals surface area (Å²) in [7, 11) is 0. The Morgan fingerprint density at radius 3 is 1.45 bits per heavy atom. The lowest BCUT2D eigenvalue weighted by Crippen LogP contribution is -2.29. The number of amides is 4. The number of hydrogen-bond acceptors (Lipinski definition) is 6. The second-order valence-corrected chi connectivity index (χ2v) is 10.6. The highest BCUT2D eigenvalue weighted by Gasteiger charge is 2.35. The molecule has 6 rings (SSSR count). The molecule has 0 spiro atoms. The maximum atomic E-state index is 12.2. The number of nitro benzene ring substituents is 1. The van der Waals surface area contributed by atoms with Crippen molar-refractivity contribution in [2.24, 2.45) is 0 Å². The second kappa shape index (κ2) is 13.2. The average Bonchev–Trinajstić information content (AvgIpc) is 3.43. The highest BCUT2D eigenvalue weighted by atomic mass is 79.9. The molecule has 0 aliphatic carbocycles. The lowest BCUT2D eigenvalue weighted by Gasteiger charge is -2.10. The SMILES string of the molecule is O=C1c2ccccc2C(=O)N1C/C=C/c1ccc(Br)cc1.O=C1c2ccccc2C(=O)N1C/C=C/c1ccccc1[N+](=O)[O-]. The summed E-state index contributed by atoms with van der Waals surface area (Å²) in [4.78, 5) is 61.6. The molecular formula is C34H24BrN3O6. The van der Waals surface area contributed by atoms with E-state index in [1.54, 1.807) is 78.9 Å². The van der Waals surface area contributed by atoms with Crippen LogP contribution < -0.4 is 0 Å². The third-order valence-corrected chi connectivity index (χ3v) is 7.47. The van der Waals surface area contributed by atoms with Crippen molar-refractivity contribution < 1.29 is 24.1 Å². The maximum absolute atomic E-state index is 12.2. The van der Waals surface area contributed by atoms with E-state index in [4.69, 9.17) is 0 Å². The van der Waals surface area contributed by atoms with Gasteiger partial charge in [-0.3, -0.25) is 39.1 Å². The minimum atomic E-state index is -0.471. The molecule has 0 N–H and O–H groups in total. The van der Waals surface area contributed by atoms with Gasteiger partial charge in [-0.1, -0.05) is 88.8 Å². The van der Waals surface area contributed by atoms with Gasteiger partial charge in [0.15, 0.2) is 0 Å². The number of carbonyl (C=O) groups is 4. The fourth-order valence-electron chi connectivity index (χ4n) is 4.76. The van der Waals surface area contributed by atoms with Crippen LogP contribution in [0.4, 0.5) is 5.69 Å². The Balaban J connectivity index is 0.000000175. The van der Waals surface area contributed by atoms with Crippen molar-refractivity contribution in [3.05, 3.63) is 157 Å². The van der Waals surface area contributed by atoms with Gasteiger partial charge in [-0.05, 0) is 48.0 Å². The third-order valence-electron chi connectivity index (χ3n) is 6.94. The summed E-state index contributed by atoms with van der Waals surface area (Å²) in [5, 5.41) is 10.9. The van der Waals surface area contributed by atoms with Gasteiger partial charge in [-0.2, -0.15) is 0 Å². The number of nitro groups is 1. The largest absolute Gasteiger partial charge is 0.276 e. The van der Waals surface area contributed by atoms with Crippen molar-refractivity contribution in [2.75, 3.05) is 13.1 Å². The van der Waals surface area contributed by atoms with E-state index < -0.39 is 4.92 Å².